The van der Waals surface area contributed by atoms with Crippen molar-refractivity contribution in [3.8, 4) is 28.4 Å². The highest BCUT2D eigenvalue weighted by atomic mass is 35.5. The quantitative estimate of drug-likeness (QED) is 0.418. The van der Waals surface area contributed by atoms with Crippen LogP contribution in [0.5, 0.6) is 17.2 Å². The van der Waals surface area contributed by atoms with Crippen LogP contribution in [0.2, 0.25) is 0 Å². The summed E-state index contributed by atoms with van der Waals surface area (Å²) in [5, 5.41) is 5.69. The van der Waals surface area contributed by atoms with Gasteiger partial charge in [-0.25, -0.2) is 0 Å². The van der Waals surface area contributed by atoms with Crippen molar-refractivity contribution >= 4 is 29.1 Å². The molecule has 1 aliphatic carbocycles. The molecule has 0 aliphatic heterocycles. The van der Waals surface area contributed by atoms with Crippen LogP contribution in [0.3, 0.4) is 0 Å². The van der Waals surface area contributed by atoms with Crippen LogP contribution in [0.25, 0.3) is 11.1 Å². The largest absolute Gasteiger partial charge is 0.493 e. The number of aryl methyl sites for hydroxylation is 1. The Bertz CT molecular complexity index is 1460. The van der Waals surface area contributed by atoms with Crippen molar-refractivity contribution in [2.24, 2.45) is 0 Å². The van der Waals surface area contributed by atoms with Crippen molar-refractivity contribution in [1.29, 1.82) is 0 Å². The number of benzene rings is 2. The molecule has 38 heavy (non-hydrogen) atoms. The van der Waals surface area contributed by atoms with Crippen molar-refractivity contribution in [2.45, 2.75) is 31.7 Å². The number of methoxy groups -OCH3 is 3. The Kier molecular flexibility index (Phi) is 8.22. The van der Waals surface area contributed by atoms with Crippen LogP contribution in [-0.2, 0) is 17.1 Å². The molecule has 0 bridgehead atoms. The lowest BCUT2D eigenvalue weighted by Crippen LogP contribution is -2.26. The fourth-order valence-electron chi connectivity index (χ4n) is 4.80. The maximum absolute atomic E-state index is 13.4. The summed E-state index contributed by atoms with van der Waals surface area (Å²) in [4.78, 5) is 38.5. The van der Waals surface area contributed by atoms with E-state index in [1.165, 1.54) is 27.2 Å². The Balaban J connectivity index is 1.91. The predicted molar refractivity (Wildman–Crippen MR) is 147 cm³/mol. The molecular weight excluding hydrogens is 508 g/mol. The van der Waals surface area contributed by atoms with E-state index in [1.54, 1.807) is 37.4 Å². The lowest BCUT2D eigenvalue weighted by molar-refractivity contribution is -0.119. The maximum Gasteiger partial charge on any atom is 0.255 e. The van der Waals surface area contributed by atoms with Crippen LogP contribution in [0.15, 0.2) is 53.3 Å². The predicted octanol–water partition coefficient (Wildman–Crippen LogP) is 4.85. The lowest BCUT2D eigenvalue weighted by atomic mass is 9.95. The Labute approximate surface area is 225 Å². The van der Waals surface area contributed by atoms with Gasteiger partial charge in [-0.1, -0.05) is 18.2 Å². The van der Waals surface area contributed by atoms with E-state index in [1.807, 2.05) is 12.1 Å². The smallest absolute Gasteiger partial charge is 0.255 e. The van der Waals surface area contributed by atoms with Gasteiger partial charge >= 0.3 is 0 Å². The lowest BCUT2D eigenvalue weighted by Gasteiger charge is -2.19. The van der Waals surface area contributed by atoms with Gasteiger partial charge in [0, 0.05) is 23.9 Å². The van der Waals surface area contributed by atoms with Gasteiger partial charge in [0.15, 0.2) is 11.5 Å². The number of nitrogens with one attached hydrogen (secondary N) is 2. The van der Waals surface area contributed by atoms with Gasteiger partial charge in [0.25, 0.3) is 5.91 Å². The number of hydrogen-bond donors (Lipinski definition) is 2. The SMILES string of the molecule is COc1cc2c(c(OC)c1OC)-c1ccc(NC(=O)c3cccc(CCl)c3)c(=O)cc1C(NC(C)=O)CC2. The van der Waals surface area contributed by atoms with Crippen molar-refractivity contribution in [2.75, 3.05) is 26.6 Å². The number of hydrogen-bond acceptors (Lipinski definition) is 6. The van der Waals surface area contributed by atoms with E-state index >= 15 is 0 Å². The fraction of sp³-hybridized carbons (Fsp3) is 0.276. The molecule has 0 radical (unpaired) electrons. The summed E-state index contributed by atoms with van der Waals surface area (Å²) in [7, 11) is 4.62. The zero-order valence-electron chi connectivity index (χ0n) is 21.6. The number of anilines is 1. The molecule has 0 spiro atoms. The van der Waals surface area contributed by atoms with Crippen LogP contribution in [-0.4, -0.2) is 33.1 Å². The zero-order chi connectivity index (χ0) is 27.4. The van der Waals surface area contributed by atoms with E-state index in [0.717, 1.165) is 16.7 Å². The third kappa shape index (κ3) is 5.31. The number of ether oxygens (including phenoxy) is 3. The molecular formula is C29H29ClN2O6. The molecule has 3 aromatic carbocycles. The number of amides is 2. The molecule has 9 heteroatoms. The third-order valence-corrected chi connectivity index (χ3v) is 6.82. The van der Waals surface area contributed by atoms with E-state index in [9.17, 15) is 14.4 Å². The van der Waals surface area contributed by atoms with Gasteiger partial charge in [-0.2, -0.15) is 0 Å². The van der Waals surface area contributed by atoms with Gasteiger partial charge in [-0.15, -0.1) is 11.6 Å². The molecule has 0 heterocycles. The first-order valence-corrected chi connectivity index (χ1v) is 12.6. The number of halogens is 1. The van der Waals surface area contributed by atoms with Gasteiger partial charge in [0.05, 0.1) is 33.1 Å². The highest BCUT2D eigenvalue weighted by Crippen LogP contribution is 2.50. The summed E-state index contributed by atoms with van der Waals surface area (Å²) in [6.45, 7) is 1.44. The topological polar surface area (TPSA) is 103 Å². The summed E-state index contributed by atoms with van der Waals surface area (Å²) in [5.41, 5.74) is 3.81. The summed E-state index contributed by atoms with van der Waals surface area (Å²) >= 11 is 5.91. The van der Waals surface area contributed by atoms with E-state index in [-0.39, 0.29) is 17.5 Å². The van der Waals surface area contributed by atoms with Crippen molar-refractivity contribution in [3.05, 3.63) is 81.0 Å². The van der Waals surface area contributed by atoms with Crippen molar-refractivity contribution in [1.82, 2.24) is 5.32 Å². The van der Waals surface area contributed by atoms with Gasteiger partial charge < -0.3 is 24.8 Å². The molecule has 2 N–H and O–H groups in total. The normalized spacial score (nSPS) is 13.9. The monoisotopic (exact) mass is 536 g/mol. The number of fused-ring (bicyclic) bond motifs is 3. The fourth-order valence-corrected chi connectivity index (χ4v) is 4.97. The van der Waals surface area contributed by atoms with Gasteiger partial charge in [-0.3, -0.25) is 14.4 Å². The Morgan fingerprint density at radius 2 is 1.76 bits per heavy atom. The van der Waals surface area contributed by atoms with Crippen LogP contribution < -0.4 is 30.3 Å². The molecule has 198 valence electrons. The molecule has 0 fully saturated rings. The summed E-state index contributed by atoms with van der Waals surface area (Å²) in [6, 6.07) is 13.1. The molecule has 1 unspecified atom stereocenters. The Hall–Kier alpha value is -4.04. The number of carbonyl (C=O) groups is 2. The van der Waals surface area contributed by atoms with E-state index in [2.05, 4.69) is 10.6 Å². The van der Waals surface area contributed by atoms with Crippen LogP contribution >= 0.6 is 11.6 Å². The third-order valence-electron chi connectivity index (χ3n) is 6.51. The molecule has 0 saturated heterocycles. The Morgan fingerprint density at radius 3 is 2.42 bits per heavy atom. The van der Waals surface area contributed by atoms with Gasteiger partial charge in [-0.05, 0) is 65.4 Å². The highest BCUT2D eigenvalue weighted by Gasteiger charge is 2.29. The molecule has 0 aromatic heterocycles. The molecule has 2 amide bonds. The first-order valence-electron chi connectivity index (χ1n) is 12.0. The molecule has 1 atom stereocenters. The molecule has 0 saturated carbocycles. The number of alkyl halides is 1. The minimum Gasteiger partial charge on any atom is -0.493 e. The van der Waals surface area contributed by atoms with E-state index in [4.69, 9.17) is 25.8 Å². The summed E-state index contributed by atoms with van der Waals surface area (Å²) in [6.07, 6.45) is 1.12. The van der Waals surface area contributed by atoms with Crippen LogP contribution in [0, 0.1) is 0 Å². The average molecular weight is 537 g/mol. The second-order valence-electron chi connectivity index (χ2n) is 8.88. The summed E-state index contributed by atoms with van der Waals surface area (Å²) in [5.74, 6) is 0.993. The second kappa shape index (κ2) is 11.6. The first-order chi connectivity index (χ1) is 18.3. The van der Waals surface area contributed by atoms with Crippen LogP contribution in [0.4, 0.5) is 5.69 Å². The summed E-state index contributed by atoms with van der Waals surface area (Å²) < 4.78 is 16.9. The van der Waals surface area contributed by atoms with Gasteiger partial charge in [0.1, 0.15) is 0 Å². The first kappa shape index (κ1) is 27.0. The molecule has 4 rings (SSSR count). The van der Waals surface area contributed by atoms with Crippen LogP contribution in [0.1, 0.15) is 46.4 Å². The number of rotatable bonds is 7. The standard InChI is InChI=1S/C29H29ClN2O6/c1-16(33)31-22-10-8-18-13-25(36-2)27(37-3)28(38-4)26(18)20-9-11-23(24(34)14-21(20)22)32-29(35)19-7-5-6-17(12-19)15-30/h5-7,9,11-14,22H,8,10,15H2,1-4H3,(H,31,33)(H,32,34,35). The molecule has 8 nitrogen and oxygen atoms in total. The minimum atomic E-state index is -0.444. The zero-order valence-corrected chi connectivity index (χ0v) is 22.4. The van der Waals surface area contributed by atoms with Crippen molar-refractivity contribution in [3.63, 3.8) is 0 Å². The van der Waals surface area contributed by atoms with E-state index in [0.29, 0.717) is 46.8 Å². The average Bonchev–Trinajstić information content (AvgIpc) is 3.16. The second-order valence-corrected chi connectivity index (χ2v) is 9.15. The molecule has 3 aromatic rings. The van der Waals surface area contributed by atoms with E-state index < -0.39 is 17.4 Å². The minimum absolute atomic E-state index is 0.0990. The number of carbonyl (C=O) groups excluding carboxylic acids is 2. The maximum atomic E-state index is 13.4. The Morgan fingerprint density at radius 1 is 1.00 bits per heavy atom. The van der Waals surface area contributed by atoms with Gasteiger partial charge in [0.2, 0.25) is 17.1 Å². The molecule has 1 aliphatic rings. The van der Waals surface area contributed by atoms with Crippen molar-refractivity contribution < 1.29 is 23.8 Å². The highest BCUT2D eigenvalue weighted by molar-refractivity contribution is 6.17.